The predicted molar refractivity (Wildman–Crippen MR) is 83.6 cm³/mol. The Morgan fingerprint density at radius 3 is 2.50 bits per heavy atom. The highest BCUT2D eigenvalue weighted by Crippen LogP contribution is 2.36. The van der Waals surface area contributed by atoms with Crippen LogP contribution in [0.4, 0.5) is 0 Å². The van der Waals surface area contributed by atoms with Crippen LogP contribution in [0, 0.1) is 10.8 Å². The molecule has 0 bridgehead atoms. The van der Waals surface area contributed by atoms with Crippen LogP contribution in [0.25, 0.3) is 0 Å². The molecule has 1 unspecified atom stereocenters. The number of carbonyl (C=O) groups is 1. The fraction of sp³-hybridized carbons (Fsp3) is 0.941. The molecule has 2 rings (SSSR count). The van der Waals surface area contributed by atoms with E-state index in [1.54, 1.807) is 0 Å². The number of piperidine rings is 1. The van der Waals surface area contributed by atoms with Crippen LogP contribution in [-0.4, -0.2) is 25.0 Å². The van der Waals surface area contributed by atoms with Gasteiger partial charge in [-0.3, -0.25) is 4.79 Å². The quantitative estimate of drug-likeness (QED) is 0.830. The SMILES string of the molecule is CCCC1(C(=O)NC2CCC(C)(C)CC2)CCCNC1. The van der Waals surface area contributed by atoms with E-state index in [4.69, 9.17) is 0 Å². The summed E-state index contributed by atoms with van der Waals surface area (Å²) in [6.07, 6.45) is 9.05. The Kier molecular flexibility index (Phi) is 5.11. The van der Waals surface area contributed by atoms with E-state index in [9.17, 15) is 4.79 Å². The van der Waals surface area contributed by atoms with Gasteiger partial charge in [-0.15, -0.1) is 0 Å². The highest BCUT2D eigenvalue weighted by molar-refractivity contribution is 5.83. The van der Waals surface area contributed by atoms with E-state index in [0.29, 0.717) is 17.4 Å². The van der Waals surface area contributed by atoms with Crippen molar-refractivity contribution in [3.63, 3.8) is 0 Å². The summed E-state index contributed by atoms with van der Waals surface area (Å²) in [5, 5.41) is 6.80. The van der Waals surface area contributed by atoms with Crippen LogP contribution < -0.4 is 10.6 Å². The van der Waals surface area contributed by atoms with Crippen molar-refractivity contribution >= 4 is 5.91 Å². The lowest BCUT2D eigenvalue weighted by atomic mass is 9.74. The molecule has 0 radical (unpaired) electrons. The molecular weight excluding hydrogens is 248 g/mol. The Hall–Kier alpha value is -0.570. The normalized spacial score (nSPS) is 30.9. The lowest BCUT2D eigenvalue weighted by molar-refractivity contribution is -0.133. The molecule has 0 aromatic carbocycles. The number of nitrogens with one attached hydrogen (secondary N) is 2. The summed E-state index contributed by atoms with van der Waals surface area (Å²) in [6, 6.07) is 0.409. The van der Waals surface area contributed by atoms with Crippen molar-refractivity contribution in [2.24, 2.45) is 10.8 Å². The summed E-state index contributed by atoms with van der Waals surface area (Å²) in [7, 11) is 0. The molecular formula is C17H32N2O. The van der Waals surface area contributed by atoms with Crippen molar-refractivity contribution in [1.82, 2.24) is 10.6 Å². The van der Waals surface area contributed by atoms with Gasteiger partial charge in [0.25, 0.3) is 0 Å². The van der Waals surface area contributed by atoms with Gasteiger partial charge in [0.1, 0.15) is 0 Å². The van der Waals surface area contributed by atoms with E-state index < -0.39 is 0 Å². The minimum atomic E-state index is -0.139. The lowest BCUT2D eigenvalue weighted by Gasteiger charge is -2.40. The minimum absolute atomic E-state index is 0.139. The van der Waals surface area contributed by atoms with Crippen molar-refractivity contribution in [1.29, 1.82) is 0 Å². The highest BCUT2D eigenvalue weighted by atomic mass is 16.2. The summed E-state index contributed by atoms with van der Waals surface area (Å²) in [6.45, 7) is 8.80. The molecule has 0 aromatic heterocycles. The molecule has 1 aliphatic heterocycles. The maximum absolute atomic E-state index is 12.8. The Labute approximate surface area is 124 Å². The molecule has 3 heteroatoms. The fourth-order valence-corrected chi connectivity index (χ4v) is 3.85. The maximum atomic E-state index is 12.8. The molecule has 3 nitrogen and oxygen atoms in total. The van der Waals surface area contributed by atoms with Gasteiger partial charge >= 0.3 is 0 Å². The summed E-state index contributed by atoms with van der Waals surface area (Å²) in [5.41, 5.74) is 0.328. The van der Waals surface area contributed by atoms with Crippen molar-refractivity contribution in [3.8, 4) is 0 Å². The van der Waals surface area contributed by atoms with Crippen LogP contribution >= 0.6 is 0 Å². The van der Waals surface area contributed by atoms with Crippen LogP contribution in [0.3, 0.4) is 0 Å². The first-order valence-electron chi connectivity index (χ1n) is 8.49. The van der Waals surface area contributed by atoms with Crippen molar-refractivity contribution in [2.75, 3.05) is 13.1 Å². The van der Waals surface area contributed by atoms with Crippen LogP contribution in [0.2, 0.25) is 0 Å². The smallest absolute Gasteiger partial charge is 0.227 e. The number of rotatable bonds is 4. The lowest BCUT2D eigenvalue weighted by Crippen LogP contribution is -2.53. The maximum Gasteiger partial charge on any atom is 0.227 e. The molecule has 1 atom stereocenters. The third-order valence-corrected chi connectivity index (χ3v) is 5.36. The van der Waals surface area contributed by atoms with Gasteiger partial charge in [-0.25, -0.2) is 0 Å². The third-order valence-electron chi connectivity index (χ3n) is 5.36. The Morgan fingerprint density at radius 1 is 1.25 bits per heavy atom. The monoisotopic (exact) mass is 280 g/mol. The molecule has 1 saturated heterocycles. The van der Waals surface area contributed by atoms with E-state index >= 15 is 0 Å². The molecule has 2 fully saturated rings. The van der Waals surface area contributed by atoms with Gasteiger partial charge in [0, 0.05) is 12.6 Å². The van der Waals surface area contributed by atoms with E-state index in [-0.39, 0.29) is 5.41 Å². The first-order chi connectivity index (χ1) is 9.47. The molecule has 2 aliphatic rings. The molecule has 0 spiro atoms. The second-order valence-corrected chi connectivity index (χ2v) is 7.72. The number of hydrogen-bond acceptors (Lipinski definition) is 2. The van der Waals surface area contributed by atoms with E-state index in [0.717, 1.165) is 51.6 Å². The van der Waals surface area contributed by atoms with Crippen LogP contribution in [-0.2, 0) is 4.79 Å². The van der Waals surface area contributed by atoms with Crippen molar-refractivity contribution < 1.29 is 4.79 Å². The average molecular weight is 280 g/mol. The summed E-state index contributed by atoms with van der Waals surface area (Å²) in [4.78, 5) is 12.8. The summed E-state index contributed by atoms with van der Waals surface area (Å²) < 4.78 is 0. The van der Waals surface area contributed by atoms with Crippen LogP contribution in [0.5, 0.6) is 0 Å². The van der Waals surface area contributed by atoms with Crippen LogP contribution in [0.1, 0.15) is 72.1 Å². The second-order valence-electron chi connectivity index (χ2n) is 7.72. The zero-order valence-corrected chi connectivity index (χ0v) is 13.6. The zero-order valence-electron chi connectivity index (χ0n) is 13.6. The van der Waals surface area contributed by atoms with Gasteiger partial charge in [-0.05, 0) is 56.9 Å². The number of amides is 1. The molecule has 116 valence electrons. The molecule has 2 N–H and O–H groups in total. The third kappa shape index (κ3) is 3.75. The predicted octanol–water partition coefficient (Wildman–Crippen LogP) is 3.24. The standard InChI is InChI=1S/C17H32N2O/c1-4-8-17(9-5-12-18-13-17)15(20)19-14-6-10-16(2,3)11-7-14/h14,18H,4-13H2,1-3H3,(H,19,20). The van der Waals surface area contributed by atoms with Gasteiger partial charge in [0.2, 0.25) is 5.91 Å². The zero-order chi connectivity index (χ0) is 14.6. The van der Waals surface area contributed by atoms with Gasteiger partial charge in [-0.1, -0.05) is 27.2 Å². The largest absolute Gasteiger partial charge is 0.353 e. The van der Waals surface area contributed by atoms with Crippen molar-refractivity contribution in [2.45, 2.75) is 78.2 Å². The molecule has 1 saturated carbocycles. The first kappa shape index (κ1) is 15.8. The van der Waals surface area contributed by atoms with Gasteiger partial charge in [0.15, 0.2) is 0 Å². The second kappa shape index (κ2) is 6.46. The Balaban J connectivity index is 1.92. The van der Waals surface area contributed by atoms with Gasteiger partial charge in [-0.2, -0.15) is 0 Å². The molecule has 20 heavy (non-hydrogen) atoms. The topological polar surface area (TPSA) is 41.1 Å². The minimum Gasteiger partial charge on any atom is -0.353 e. The Bertz CT molecular complexity index is 316. The van der Waals surface area contributed by atoms with E-state index in [2.05, 4.69) is 31.4 Å². The highest BCUT2D eigenvalue weighted by Gasteiger charge is 2.40. The van der Waals surface area contributed by atoms with E-state index in [1.807, 2.05) is 0 Å². The van der Waals surface area contributed by atoms with Gasteiger partial charge < -0.3 is 10.6 Å². The first-order valence-corrected chi connectivity index (χ1v) is 8.49. The average Bonchev–Trinajstić information content (AvgIpc) is 2.42. The summed E-state index contributed by atoms with van der Waals surface area (Å²) >= 11 is 0. The van der Waals surface area contributed by atoms with E-state index in [1.165, 1.54) is 12.8 Å². The molecule has 1 heterocycles. The van der Waals surface area contributed by atoms with Gasteiger partial charge in [0.05, 0.1) is 5.41 Å². The molecule has 1 amide bonds. The van der Waals surface area contributed by atoms with Crippen molar-refractivity contribution in [3.05, 3.63) is 0 Å². The fourth-order valence-electron chi connectivity index (χ4n) is 3.85. The Morgan fingerprint density at radius 2 is 1.95 bits per heavy atom. The summed E-state index contributed by atoms with van der Waals surface area (Å²) in [5.74, 6) is 0.316. The molecule has 1 aliphatic carbocycles. The number of carbonyl (C=O) groups excluding carboxylic acids is 1. The number of hydrogen-bond donors (Lipinski definition) is 2. The molecule has 0 aromatic rings. The van der Waals surface area contributed by atoms with Crippen LogP contribution in [0.15, 0.2) is 0 Å².